The quantitative estimate of drug-likeness (QED) is 0.329. The first-order chi connectivity index (χ1) is 16.3. The largest absolute Gasteiger partial charge is 0.508 e. The average Bonchev–Trinajstić information content (AvgIpc) is 2.86. The standard InChI is InChI=1S/C29H30N2O2/c32-24-15-12-23(13-16-24)26-17-14-22-8-2-3-9-25(22)29(26)33-28-11-5-4-10-27(28)30-18-21-31-19-6-1-7-20-31/h2-5,8-17,30,32H,1,6-7,18-21H2. The number of anilines is 1. The number of para-hydroxylation sites is 2. The van der Waals surface area contributed by atoms with E-state index in [1.54, 1.807) is 12.1 Å². The number of rotatable bonds is 7. The number of hydrogen-bond donors (Lipinski definition) is 2. The Labute approximate surface area is 195 Å². The molecule has 4 aromatic carbocycles. The molecule has 1 aliphatic rings. The Balaban J connectivity index is 1.45. The zero-order valence-corrected chi connectivity index (χ0v) is 18.8. The van der Waals surface area contributed by atoms with Crippen molar-refractivity contribution in [1.82, 2.24) is 4.90 Å². The number of nitrogens with zero attached hydrogens (tertiary/aromatic N) is 1. The number of fused-ring (bicyclic) bond motifs is 1. The van der Waals surface area contributed by atoms with Crippen LogP contribution in [0.4, 0.5) is 5.69 Å². The monoisotopic (exact) mass is 438 g/mol. The van der Waals surface area contributed by atoms with Crippen molar-refractivity contribution in [3.63, 3.8) is 0 Å². The number of aromatic hydroxyl groups is 1. The molecule has 4 aromatic rings. The van der Waals surface area contributed by atoms with E-state index in [-0.39, 0.29) is 5.75 Å². The van der Waals surface area contributed by atoms with Crippen LogP contribution in [0.15, 0.2) is 84.9 Å². The van der Waals surface area contributed by atoms with Crippen LogP contribution in [0.1, 0.15) is 19.3 Å². The third-order valence-corrected chi connectivity index (χ3v) is 6.35. The SMILES string of the molecule is Oc1ccc(-c2ccc3ccccc3c2Oc2ccccc2NCCN2CCCCC2)cc1. The molecule has 0 bridgehead atoms. The number of benzene rings is 4. The second kappa shape index (κ2) is 9.97. The van der Waals surface area contributed by atoms with Gasteiger partial charge in [0.25, 0.3) is 0 Å². The number of phenols is 1. The maximum atomic E-state index is 9.75. The lowest BCUT2D eigenvalue weighted by molar-refractivity contribution is 0.237. The summed E-state index contributed by atoms with van der Waals surface area (Å²) in [4.78, 5) is 2.54. The molecular weight excluding hydrogens is 408 g/mol. The van der Waals surface area contributed by atoms with E-state index in [9.17, 15) is 5.11 Å². The second-order valence-corrected chi connectivity index (χ2v) is 8.64. The van der Waals surface area contributed by atoms with Crippen LogP contribution < -0.4 is 10.1 Å². The molecule has 1 saturated heterocycles. The Morgan fingerprint density at radius 2 is 1.55 bits per heavy atom. The average molecular weight is 439 g/mol. The predicted octanol–water partition coefficient (Wildman–Crippen LogP) is 6.90. The lowest BCUT2D eigenvalue weighted by Crippen LogP contribution is -2.33. The fourth-order valence-corrected chi connectivity index (χ4v) is 4.56. The topological polar surface area (TPSA) is 44.7 Å². The highest BCUT2D eigenvalue weighted by molar-refractivity contribution is 5.95. The molecule has 2 N–H and O–H groups in total. The summed E-state index contributed by atoms with van der Waals surface area (Å²) in [6.45, 7) is 4.33. The Morgan fingerprint density at radius 3 is 2.39 bits per heavy atom. The van der Waals surface area contributed by atoms with Gasteiger partial charge in [-0.3, -0.25) is 0 Å². The Kier molecular flexibility index (Phi) is 6.45. The van der Waals surface area contributed by atoms with Gasteiger partial charge in [0, 0.05) is 24.0 Å². The molecular formula is C29H30N2O2. The van der Waals surface area contributed by atoms with Crippen LogP contribution in [0.5, 0.6) is 17.2 Å². The number of likely N-dealkylation sites (tertiary alicyclic amines) is 1. The van der Waals surface area contributed by atoms with Crippen molar-refractivity contribution < 1.29 is 9.84 Å². The first-order valence-electron chi connectivity index (χ1n) is 11.8. The van der Waals surface area contributed by atoms with Gasteiger partial charge < -0.3 is 20.1 Å². The Hall–Kier alpha value is -3.50. The first kappa shape index (κ1) is 21.4. The zero-order chi connectivity index (χ0) is 22.5. The highest BCUT2D eigenvalue weighted by Gasteiger charge is 2.15. The van der Waals surface area contributed by atoms with E-state index in [0.717, 1.165) is 52.2 Å². The van der Waals surface area contributed by atoms with Crippen molar-refractivity contribution in [2.45, 2.75) is 19.3 Å². The summed E-state index contributed by atoms with van der Waals surface area (Å²) < 4.78 is 6.64. The minimum Gasteiger partial charge on any atom is -0.508 e. The fraction of sp³-hybridized carbons (Fsp3) is 0.241. The molecule has 4 heteroatoms. The molecule has 33 heavy (non-hydrogen) atoms. The van der Waals surface area contributed by atoms with E-state index >= 15 is 0 Å². The van der Waals surface area contributed by atoms with Crippen LogP contribution in [-0.2, 0) is 0 Å². The fourth-order valence-electron chi connectivity index (χ4n) is 4.56. The summed E-state index contributed by atoms with van der Waals surface area (Å²) in [6, 6.07) is 27.9. The van der Waals surface area contributed by atoms with Crippen molar-refractivity contribution in [2.75, 3.05) is 31.5 Å². The summed E-state index contributed by atoms with van der Waals surface area (Å²) >= 11 is 0. The molecule has 0 saturated carbocycles. The van der Waals surface area contributed by atoms with Crippen LogP contribution in [-0.4, -0.2) is 36.2 Å². The minimum atomic E-state index is 0.255. The smallest absolute Gasteiger partial charge is 0.150 e. The molecule has 1 fully saturated rings. The molecule has 4 nitrogen and oxygen atoms in total. The predicted molar refractivity (Wildman–Crippen MR) is 136 cm³/mol. The molecule has 1 aliphatic heterocycles. The van der Waals surface area contributed by atoms with Crippen molar-refractivity contribution in [3.8, 4) is 28.4 Å². The number of phenolic OH excluding ortho intramolecular Hbond substituents is 1. The lowest BCUT2D eigenvalue weighted by Gasteiger charge is -2.26. The van der Waals surface area contributed by atoms with Gasteiger partial charge in [0.15, 0.2) is 5.75 Å². The van der Waals surface area contributed by atoms with Crippen molar-refractivity contribution in [1.29, 1.82) is 0 Å². The van der Waals surface area contributed by atoms with Crippen molar-refractivity contribution in [2.24, 2.45) is 0 Å². The third kappa shape index (κ3) is 4.96. The number of hydrogen-bond acceptors (Lipinski definition) is 4. The maximum Gasteiger partial charge on any atom is 0.150 e. The highest BCUT2D eigenvalue weighted by atomic mass is 16.5. The molecule has 168 valence electrons. The van der Waals surface area contributed by atoms with Gasteiger partial charge in [-0.25, -0.2) is 0 Å². The molecule has 1 heterocycles. The molecule has 5 rings (SSSR count). The summed E-state index contributed by atoms with van der Waals surface area (Å²) in [5, 5.41) is 15.5. The molecule has 0 atom stereocenters. The van der Waals surface area contributed by atoms with Crippen LogP contribution >= 0.6 is 0 Å². The summed E-state index contributed by atoms with van der Waals surface area (Å²) in [7, 11) is 0. The van der Waals surface area contributed by atoms with E-state index in [1.807, 2.05) is 42.5 Å². The van der Waals surface area contributed by atoms with Crippen LogP contribution in [0.2, 0.25) is 0 Å². The van der Waals surface area contributed by atoms with Gasteiger partial charge in [-0.1, -0.05) is 61.0 Å². The van der Waals surface area contributed by atoms with Crippen LogP contribution in [0.3, 0.4) is 0 Å². The molecule has 0 aliphatic carbocycles. The zero-order valence-electron chi connectivity index (χ0n) is 18.8. The van der Waals surface area contributed by atoms with E-state index in [2.05, 4.69) is 40.5 Å². The molecule has 0 amide bonds. The van der Waals surface area contributed by atoms with E-state index in [0.29, 0.717) is 0 Å². The number of nitrogens with one attached hydrogen (secondary N) is 1. The van der Waals surface area contributed by atoms with Gasteiger partial charge in [0.05, 0.1) is 5.69 Å². The maximum absolute atomic E-state index is 9.75. The second-order valence-electron chi connectivity index (χ2n) is 8.64. The number of ether oxygens (including phenoxy) is 1. The van der Waals surface area contributed by atoms with Gasteiger partial charge in [0.1, 0.15) is 11.5 Å². The first-order valence-corrected chi connectivity index (χ1v) is 11.8. The third-order valence-electron chi connectivity index (χ3n) is 6.35. The Bertz CT molecular complexity index is 1210. The van der Waals surface area contributed by atoms with Gasteiger partial charge >= 0.3 is 0 Å². The van der Waals surface area contributed by atoms with Gasteiger partial charge in [-0.05, 0) is 67.2 Å². The van der Waals surface area contributed by atoms with Gasteiger partial charge in [-0.2, -0.15) is 0 Å². The van der Waals surface area contributed by atoms with Crippen molar-refractivity contribution in [3.05, 3.63) is 84.9 Å². The van der Waals surface area contributed by atoms with E-state index < -0.39 is 0 Å². The summed E-state index contributed by atoms with van der Waals surface area (Å²) in [5.74, 6) is 1.89. The molecule has 0 aromatic heterocycles. The van der Waals surface area contributed by atoms with E-state index in [1.165, 1.54) is 32.4 Å². The summed E-state index contributed by atoms with van der Waals surface area (Å²) in [5.41, 5.74) is 3.00. The van der Waals surface area contributed by atoms with Gasteiger partial charge in [-0.15, -0.1) is 0 Å². The molecule has 0 spiro atoms. The summed E-state index contributed by atoms with van der Waals surface area (Å²) in [6.07, 6.45) is 3.97. The highest BCUT2D eigenvalue weighted by Crippen LogP contribution is 2.41. The van der Waals surface area contributed by atoms with Gasteiger partial charge in [0.2, 0.25) is 0 Å². The van der Waals surface area contributed by atoms with Crippen LogP contribution in [0.25, 0.3) is 21.9 Å². The molecule has 0 radical (unpaired) electrons. The lowest BCUT2D eigenvalue weighted by atomic mass is 9.99. The van der Waals surface area contributed by atoms with Crippen molar-refractivity contribution >= 4 is 16.5 Å². The van der Waals surface area contributed by atoms with E-state index in [4.69, 9.17) is 4.74 Å². The minimum absolute atomic E-state index is 0.255. The van der Waals surface area contributed by atoms with Crippen LogP contribution in [0, 0.1) is 0 Å². The Morgan fingerprint density at radius 1 is 0.788 bits per heavy atom. The molecule has 0 unspecified atom stereocenters. The number of piperidine rings is 1. The normalized spacial score (nSPS) is 14.3.